The van der Waals surface area contributed by atoms with E-state index in [0.29, 0.717) is 28.9 Å². The molecule has 0 radical (unpaired) electrons. The summed E-state index contributed by atoms with van der Waals surface area (Å²) >= 11 is 5.96. The number of carboxylic acid groups (broad SMARTS) is 1. The molecular weight excluding hydrogens is 366 g/mol. The Labute approximate surface area is 163 Å². The fraction of sp³-hybridized carbons (Fsp3) is 0.238. The highest BCUT2D eigenvalue weighted by molar-refractivity contribution is 6.30. The third-order valence-electron chi connectivity index (χ3n) is 3.78. The molecule has 0 saturated carbocycles. The van der Waals surface area contributed by atoms with Crippen molar-refractivity contribution in [2.45, 2.75) is 19.8 Å². The molecule has 0 aliphatic rings. The van der Waals surface area contributed by atoms with Crippen molar-refractivity contribution in [2.24, 2.45) is 0 Å². The molecule has 1 N–H and O–H groups in total. The lowest BCUT2D eigenvalue weighted by atomic mass is 10.0. The molecule has 0 atom stereocenters. The van der Waals surface area contributed by atoms with Crippen LogP contribution in [-0.2, 0) is 4.79 Å². The monoisotopic (exact) mass is 385 g/mol. The Morgan fingerprint density at radius 1 is 1.19 bits per heavy atom. The molecule has 0 heterocycles. The zero-order valence-electron chi connectivity index (χ0n) is 15.1. The number of hydrogen-bond acceptors (Lipinski definition) is 4. The van der Waals surface area contributed by atoms with Crippen LogP contribution in [0.15, 0.2) is 48.0 Å². The molecule has 6 heteroatoms. The first-order chi connectivity index (χ1) is 12.9. The summed E-state index contributed by atoms with van der Waals surface area (Å²) in [5, 5.41) is 18.3. The summed E-state index contributed by atoms with van der Waals surface area (Å²) in [5.41, 5.74) is 1.26. The first kappa shape index (κ1) is 20.3. The number of nitrogens with zero attached hydrogens (tertiary/aromatic N) is 1. The van der Waals surface area contributed by atoms with E-state index in [1.807, 2.05) is 24.3 Å². The molecule has 0 bridgehead atoms. The molecule has 0 aliphatic carbocycles. The summed E-state index contributed by atoms with van der Waals surface area (Å²) in [6.07, 6.45) is 1.23. The van der Waals surface area contributed by atoms with E-state index < -0.39 is 11.5 Å². The molecule has 2 aromatic rings. The minimum absolute atomic E-state index is 0.253. The van der Waals surface area contributed by atoms with Gasteiger partial charge in [-0.25, -0.2) is 4.79 Å². The molecule has 140 valence electrons. The van der Waals surface area contributed by atoms with Crippen molar-refractivity contribution in [3.8, 4) is 17.6 Å². The van der Waals surface area contributed by atoms with Gasteiger partial charge in [-0.15, -0.1) is 0 Å². The van der Waals surface area contributed by atoms with Gasteiger partial charge in [0.15, 0.2) is 0 Å². The number of carbonyl (C=O) groups is 1. The minimum Gasteiger partial charge on any atom is -0.490 e. The molecule has 0 fully saturated rings. The molecule has 27 heavy (non-hydrogen) atoms. The van der Waals surface area contributed by atoms with Gasteiger partial charge < -0.3 is 14.6 Å². The summed E-state index contributed by atoms with van der Waals surface area (Å²) in [6.45, 7) is 4.83. The fourth-order valence-electron chi connectivity index (χ4n) is 2.32. The maximum absolute atomic E-state index is 11.0. The number of nitriles is 1. The van der Waals surface area contributed by atoms with Crippen LogP contribution in [0.2, 0.25) is 5.02 Å². The van der Waals surface area contributed by atoms with Crippen LogP contribution in [0.4, 0.5) is 0 Å². The molecule has 0 saturated heterocycles. The van der Waals surface area contributed by atoms with Crippen LogP contribution < -0.4 is 9.47 Å². The van der Waals surface area contributed by atoms with E-state index in [2.05, 4.69) is 13.8 Å². The number of aliphatic carboxylic acids is 1. The SMILES string of the molecule is CC(C)c1ccc(OCCOc2ccc(Cl)cc2C=C(C#N)C(=O)O)cc1. The van der Waals surface area contributed by atoms with E-state index in [-0.39, 0.29) is 6.61 Å². The number of carboxylic acids is 1. The van der Waals surface area contributed by atoms with Gasteiger partial charge in [0, 0.05) is 10.6 Å². The Kier molecular flexibility index (Phi) is 7.27. The summed E-state index contributed by atoms with van der Waals surface area (Å²) in [7, 11) is 0. The van der Waals surface area contributed by atoms with Crippen molar-refractivity contribution in [3.05, 3.63) is 64.2 Å². The van der Waals surface area contributed by atoms with Gasteiger partial charge in [-0.1, -0.05) is 37.6 Å². The van der Waals surface area contributed by atoms with Crippen molar-refractivity contribution in [1.82, 2.24) is 0 Å². The highest BCUT2D eigenvalue weighted by atomic mass is 35.5. The van der Waals surface area contributed by atoms with Gasteiger partial charge in [0.05, 0.1) is 0 Å². The second kappa shape index (κ2) is 9.65. The quantitative estimate of drug-likeness (QED) is 0.396. The van der Waals surface area contributed by atoms with Crippen LogP contribution in [-0.4, -0.2) is 24.3 Å². The number of ether oxygens (including phenoxy) is 2. The Balaban J connectivity index is 1.99. The fourth-order valence-corrected chi connectivity index (χ4v) is 2.50. The summed E-state index contributed by atoms with van der Waals surface area (Å²) in [6, 6.07) is 14.3. The van der Waals surface area contributed by atoms with E-state index in [1.165, 1.54) is 11.6 Å². The van der Waals surface area contributed by atoms with E-state index in [9.17, 15) is 4.79 Å². The third kappa shape index (κ3) is 6.05. The maximum Gasteiger partial charge on any atom is 0.346 e. The second-order valence-corrected chi connectivity index (χ2v) is 6.51. The zero-order valence-corrected chi connectivity index (χ0v) is 15.9. The summed E-state index contributed by atoms with van der Waals surface area (Å²) in [5.74, 6) is 0.323. The predicted octanol–water partition coefficient (Wildman–Crippen LogP) is 4.91. The normalized spacial score (nSPS) is 11.1. The minimum atomic E-state index is -1.31. The van der Waals surface area contributed by atoms with Gasteiger partial charge in [0.2, 0.25) is 0 Å². The van der Waals surface area contributed by atoms with Crippen LogP contribution in [0, 0.1) is 11.3 Å². The average Bonchev–Trinajstić information content (AvgIpc) is 2.64. The Morgan fingerprint density at radius 2 is 1.85 bits per heavy atom. The van der Waals surface area contributed by atoms with Crippen molar-refractivity contribution in [2.75, 3.05) is 13.2 Å². The van der Waals surface area contributed by atoms with E-state index in [0.717, 1.165) is 5.75 Å². The van der Waals surface area contributed by atoms with Gasteiger partial charge in [-0.2, -0.15) is 5.26 Å². The van der Waals surface area contributed by atoms with Crippen LogP contribution >= 0.6 is 11.6 Å². The van der Waals surface area contributed by atoms with E-state index in [4.69, 9.17) is 31.4 Å². The van der Waals surface area contributed by atoms with Gasteiger partial charge in [0.25, 0.3) is 0 Å². The molecule has 0 amide bonds. The Bertz CT molecular complexity index is 867. The van der Waals surface area contributed by atoms with Crippen molar-refractivity contribution < 1.29 is 19.4 Å². The topological polar surface area (TPSA) is 79.5 Å². The van der Waals surface area contributed by atoms with E-state index in [1.54, 1.807) is 24.3 Å². The highest BCUT2D eigenvalue weighted by Crippen LogP contribution is 2.25. The first-order valence-electron chi connectivity index (χ1n) is 8.41. The van der Waals surface area contributed by atoms with Gasteiger partial charge in [-0.3, -0.25) is 0 Å². The first-order valence-corrected chi connectivity index (χ1v) is 8.78. The average molecular weight is 386 g/mol. The summed E-state index contributed by atoms with van der Waals surface area (Å²) in [4.78, 5) is 11.0. The number of rotatable bonds is 8. The van der Waals surface area contributed by atoms with Crippen LogP contribution in [0.3, 0.4) is 0 Å². The lowest BCUT2D eigenvalue weighted by molar-refractivity contribution is -0.132. The van der Waals surface area contributed by atoms with Crippen LogP contribution in [0.5, 0.6) is 11.5 Å². The molecular formula is C21H20ClNO4. The molecule has 0 aromatic heterocycles. The van der Waals surface area contributed by atoms with Crippen molar-refractivity contribution in [3.63, 3.8) is 0 Å². The standard InChI is InChI=1S/C21H20ClNO4/c1-14(2)15-3-6-19(7-4-15)26-9-10-27-20-8-5-18(22)12-16(20)11-17(13-23)21(24)25/h3-8,11-12,14H,9-10H2,1-2H3,(H,24,25). The van der Waals surface area contributed by atoms with Gasteiger partial charge in [-0.05, 0) is 47.9 Å². The molecule has 5 nitrogen and oxygen atoms in total. The molecule has 0 aliphatic heterocycles. The van der Waals surface area contributed by atoms with Crippen molar-refractivity contribution >= 4 is 23.6 Å². The maximum atomic E-state index is 11.0. The van der Waals surface area contributed by atoms with Crippen molar-refractivity contribution in [1.29, 1.82) is 5.26 Å². The lowest BCUT2D eigenvalue weighted by Crippen LogP contribution is -2.09. The van der Waals surface area contributed by atoms with E-state index >= 15 is 0 Å². The lowest BCUT2D eigenvalue weighted by Gasteiger charge is -2.12. The molecule has 0 spiro atoms. The third-order valence-corrected chi connectivity index (χ3v) is 4.01. The molecule has 2 aromatic carbocycles. The highest BCUT2D eigenvalue weighted by Gasteiger charge is 2.10. The Morgan fingerprint density at radius 3 is 2.44 bits per heavy atom. The van der Waals surface area contributed by atoms with Crippen LogP contribution in [0.25, 0.3) is 6.08 Å². The second-order valence-electron chi connectivity index (χ2n) is 6.08. The number of halogens is 1. The largest absolute Gasteiger partial charge is 0.490 e. The number of hydrogen-bond donors (Lipinski definition) is 1. The Hall–Kier alpha value is -2.97. The summed E-state index contributed by atoms with van der Waals surface area (Å²) < 4.78 is 11.3. The predicted molar refractivity (Wildman–Crippen MR) is 104 cm³/mol. The smallest absolute Gasteiger partial charge is 0.346 e. The van der Waals surface area contributed by atoms with Crippen LogP contribution in [0.1, 0.15) is 30.9 Å². The molecule has 0 unspecified atom stereocenters. The molecule has 2 rings (SSSR count). The number of benzene rings is 2. The van der Waals surface area contributed by atoms with Gasteiger partial charge >= 0.3 is 5.97 Å². The zero-order chi connectivity index (χ0) is 19.8. The van der Waals surface area contributed by atoms with Gasteiger partial charge in [0.1, 0.15) is 36.4 Å².